The van der Waals surface area contributed by atoms with Crippen LogP contribution in [0.4, 0.5) is 10.1 Å². The van der Waals surface area contributed by atoms with Gasteiger partial charge in [0, 0.05) is 18.8 Å². The first-order valence-electron chi connectivity index (χ1n) is 8.98. The van der Waals surface area contributed by atoms with Gasteiger partial charge in [-0.1, -0.05) is 52.4 Å². The van der Waals surface area contributed by atoms with Gasteiger partial charge in [0.1, 0.15) is 5.82 Å². The summed E-state index contributed by atoms with van der Waals surface area (Å²) < 4.78 is 13.0. The molecule has 1 aromatic rings. The minimum atomic E-state index is -0.225. The van der Waals surface area contributed by atoms with Gasteiger partial charge in [0.2, 0.25) is 0 Å². The van der Waals surface area contributed by atoms with Crippen molar-refractivity contribution in [3.05, 3.63) is 30.1 Å². The molecule has 4 heteroatoms. The summed E-state index contributed by atoms with van der Waals surface area (Å²) in [5, 5.41) is 4.00. The van der Waals surface area contributed by atoms with Crippen LogP contribution in [0.3, 0.4) is 0 Å². The Kier molecular flexibility index (Phi) is 10.6. The molecule has 0 unspecified atom stereocenters. The smallest absolute Gasteiger partial charge is 0.173 e. The molecule has 0 spiro atoms. The second kappa shape index (κ2) is 12.3. The van der Waals surface area contributed by atoms with Crippen molar-refractivity contribution in [2.24, 2.45) is 0 Å². The lowest BCUT2D eigenvalue weighted by Crippen LogP contribution is -2.36. The molecule has 0 saturated carbocycles. The summed E-state index contributed by atoms with van der Waals surface area (Å²) in [4.78, 5) is 2.27. The average Bonchev–Trinajstić information content (AvgIpc) is 2.55. The van der Waals surface area contributed by atoms with Crippen LogP contribution in [0.15, 0.2) is 24.3 Å². The number of nitrogens with zero attached hydrogens (tertiary/aromatic N) is 1. The standard InChI is InChI=1S/C19H31FN2S/c1-3-5-7-9-15-22(16-10-8-6-4-2)19(23)21-18-13-11-17(20)12-14-18/h11-14H,3-10,15-16H2,1-2H3,(H,21,23). The lowest BCUT2D eigenvalue weighted by atomic mass is 10.2. The molecule has 0 heterocycles. The van der Waals surface area contributed by atoms with E-state index in [2.05, 4.69) is 24.1 Å². The molecule has 0 aliphatic carbocycles. The maximum absolute atomic E-state index is 13.0. The predicted octanol–water partition coefficient (Wildman–Crippen LogP) is 5.99. The van der Waals surface area contributed by atoms with E-state index in [4.69, 9.17) is 12.2 Å². The summed E-state index contributed by atoms with van der Waals surface area (Å²) in [5.74, 6) is -0.225. The third kappa shape index (κ3) is 8.89. The van der Waals surface area contributed by atoms with Crippen molar-refractivity contribution in [1.82, 2.24) is 4.90 Å². The highest BCUT2D eigenvalue weighted by Gasteiger charge is 2.09. The zero-order valence-electron chi connectivity index (χ0n) is 14.6. The van der Waals surface area contributed by atoms with Crippen molar-refractivity contribution in [3.63, 3.8) is 0 Å². The summed E-state index contributed by atoms with van der Waals surface area (Å²) in [6, 6.07) is 6.37. The van der Waals surface area contributed by atoms with Gasteiger partial charge in [-0.25, -0.2) is 4.39 Å². The Labute approximate surface area is 146 Å². The quantitative estimate of drug-likeness (QED) is 0.394. The second-order valence-electron chi connectivity index (χ2n) is 6.05. The first kappa shape index (κ1) is 19.9. The molecule has 130 valence electrons. The van der Waals surface area contributed by atoms with E-state index < -0.39 is 0 Å². The van der Waals surface area contributed by atoms with Crippen LogP contribution in [-0.4, -0.2) is 23.1 Å². The van der Waals surface area contributed by atoms with E-state index in [1.807, 2.05) is 0 Å². The molecule has 1 N–H and O–H groups in total. The molecule has 0 fully saturated rings. The van der Waals surface area contributed by atoms with E-state index in [0.29, 0.717) is 0 Å². The Morgan fingerprint density at radius 3 is 1.91 bits per heavy atom. The van der Waals surface area contributed by atoms with Crippen LogP contribution in [0.25, 0.3) is 0 Å². The number of hydrogen-bond donors (Lipinski definition) is 1. The molecule has 0 aliphatic heterocycles. The van der Waals surface area contributed by atoms with E-state index in [1.165, 1.54) is 63.5 Å². The highest BCUT2D eigenvalue weighted by molar-refractivity contribution is 7.80. The van der Waals surface area contributed by atoms with E-state index in [9.17, 15) is 4.39 Å². The summed E-state index contributed by atoms with van der Waals surface area (Å²) in [6.07, 6.45) is 9.90. The zero-order chi connectivity index (χ0) is 16.9. The van der Waals surface area contributed by atoms with Gasteiger partial charge in [-0.05, 0) is 49.3 Å². The van der Waals surface area contributed by atoms with E-state index in [0.717, 1.165) is 23.9 Å². The van der Waals surface area contributed by atoms with Crippen LogP contribution in [0, 0.1) is 5.82 Å². The van der Waals surface area contributed by atoms with Gasteiger partial charge in [-0.15, -0.1) is 0 Å². The van der Waals surface area contributed by atoms with Crippen LogP contribution in [-0.2, 0) is 0 Å². The number of thiocarbonyl (C=S) groups is 1. The van der Waals surface area contributed by atoms with E-state index in [-0.39, 0.29) is 5.82 Å². The molecule has 2 nitrogen and oxygen atoms in total. The van der Waals surface area contributed by atoms with Crippen molar-refractivity contribution >= 4 is 23.0 Å². The largest absolute Gasteiger partial charge is 0.349 e. The summed E-state index contributed by atoms with van der Waals surface area (Å²) in [7, 11) is 0. The number of hydrogen-bond acceptors (Lipinski definition) is 1. The first-order chi connectivity index (χ1) is 11.2. The molecule has 23 heavy (non-hydrogen) atoms. The minimum Gasteiger partial charge on any atom is -0.349 e. The zero-order valence-corrected chi connectivity index (χ0v) is 15.4. The average molecular weight is 339 g/mol. The van der Waals surface area contributed by atoms with Gasteiger partial charge >= 0.3 is 0 Å². The highest BCUT2D eigenvalue weighted by Crippen LogP contribution is 2.11. The molecule has 1 rings (SSSR count). The molecule has 0 aliphatic rings. The molecule has 0 atom stereocenters. The number of nitrogens with one attached hydrogen (secondary N) is 1. The van der Waals surface area contributed by atoms with Crippen LogP contribution in [0.1, 0.15) is 65.2 Å². The van der Waals surface area contributed by atoms with Gasteiger partial charge in [-0.2, -0.15) is 0 Å². The normalized spacial score (nSPS) is 10.6. The molecule has 1 aromatic carbocycles. The van der Waals surface area contributed by atoms with Gasteiger partial charge in [0.15, 0.2) is 5.11 Å². The number of halogens is 1. The number of unbranched alkanes of at least 4 members (excludes halogenated alkanes) is 6. The summed E-state index contributed by atoms with van der Waals surface area (Å²) in [6.45, 7) is 6.45. The lowest BCUT2D eigenvalue weighted by Gasteiger charge is -2.26. The Bertz CT molecular complexity index is 422. The Hall–Kier alpha value is -1.16. The molecular weight excluding hydrogens is 307 g/mol. The van der Waals surface area contributed by atoms with Crippen molar-refractivity contribution in [1.29, 1.82) is 0 Å². The molecule has 0 aromatic heterocycles. The third-order valence-corrected chi connectivity index (χ3v) is 4.31. The fourth-order valence-electron chi connectivity index (χ4n) is 2.51. The van der Waals surface area contributed by atoms with Crippen LogP contribution >= 0.6 is 12.2 Å². The lowest BCUT2D eigenvalue weighted by molar-refractivity contribution is 0.391. The van der Waals surface area contributed by atoms with Gasteiger partial charge in [-0.3, -0.25) is 0 Å². The van der Waals surface area contributed by atoms with Crippen molar-refractivity contribution < 1.29 is 4.39 Å². The Morgan fingerprint density at radius 1 is 0.913 bits per heavy atom. The van der Waals surface area contributed by atoms with Crippen molar-refractivity contribution in [3.8, 4) is 0 Å². The maximum atomic E-state index is 13.0. The molecule has 0 saturated heterocycles. The summed E-state index contributed by atoms with van der Waals surface area (Å²) >= 11 is 5.57. The fourth-order valence-corrected chi connectivity index (χ4v) is 2.81. The Balaban J connectivity index is 2.49. The van der Waals surface area contributed by atoms with Crippen molar-refractivity contribution in [2.45, 2.75) is 65.2 Å². The molecule has 0 amide bonds. The second-order valence-corrected chi connectivity index (χ2v) is 6.43. The third-order valence-electron chi connectivity index (χ3n) is 3.95. The number of rotatable bonds is 11. The maximum Gasteiger partial charge on any atom is 0.173 e. The minimum absolute atomic E-state index is 0.225. The van der Waals surface area contributed by atoms with Gasteiger partial charge in [0.05, 0.1) is 0 Å². The SMILES string of the molecule is CCCCCCN(CCCCCC)C(=S)Nc1ccc(F)cc1. The van der Waals surface area contributed by atoms with Crippen molar-refractivity contribution in [2.75, 3.05) is 18.4 Å². The number of anilines is 1. The van der Waals surface area contributed by atoms with Crippen LogP contribution in [0.2, 0.25) is 0 Å². The topological polar surface area (TPSA) is 15.3 Å². The monoisotopic (exact) mass is 338 g/mol. The summed E-state index contributed by atoms with van der Waals surface area (Å²) in [5.41, 5.74) is 0.850. The van der Waals surface area contributed by atoms with E-state index >= 15 is 0 Å². The van der Waals surface area contributed by atoms with Gasteiger partial charge < -0.3 is 10.2 Å². The fraction of sp³-hybridized carbons (Fsp3) is 0.632. The van der Waals surface area contributed by atoms with Crippen LogP contribution in [0.5, 0.6) is 0 Å². The Morgan fingerprint density at radius 2 is 1.43 bits per heavy atom. The molecule has 0 bridgehead atoms. The number of benzene rings is 1. The highest BCUT2D eigenvalue weighted by atomic mass is 32.1. The molecular formula is C19H31FN2S. The van der Waals surface area contributed by atoms with Gasteiger partial charge in [0.25, 0.3) is 0 Å². The van der Waals surface area contributed by atoms with Crippen LogP contribution < -0.4 is 5.32 Å². The first-order valence-corrected chi connectivity index (χ1v) is 9.39. The predicted molar refractivity (Wildman–Crippen MR) is 102 cm³/mol. The van der Waals surface area contributed by atoms with E-state index in [1.54, 1.807) is 12.1 Å². The molecule has 0 radical (unpaired) electrons.